The largest absolute Gasteiger partial charge is 0.343 e. The molecule has 1 aliphatic rings. The van der Waals surface area contributed by atoms with Gasteiger partial charge in [-0.05, 0) is 12.8 Å². The Balaban J connectivity index is 0.000000170. The van der Waals surface area contributed by atoms with Crippen LogP contribution in [0.25, 0.3) is 16.9 Å². The standard InChI is InChI=1S/C10H9N5O.C8H15NO/c1-14-6-7(5-12-14)8-4-9-11-2-3-15(9)10(16)13-8;1-8(10)9-6-4-2-3-5-7-9/h2-6H,1H3,(H,13,16);2-7H2,1H3. The van der Waals surface area contributed by atoms with Gasteiger partial charge in [0.25, 0.3) is 0 Å². The quantitative estimate of drug-likeness (QED) is 0.720. The summed E-state index contributed by atoms with van der Waals surface area (Å²) in [5.74, 6) is 0.238. The molecular weight excluding hydrogens is 332 g/mol. The van der Waals surface area contributed by atoms with E-state index in [2.05, 4.69) is 15.1 Å². The minimum absolute atomic E-state index is 0.200. The number of nitrogens with zero attached hydrogens (tertiary/aromatic N) is 5. The molecule has 4 heterocycles. The van der Waals surface area contributed by atoms with Crippen molar-refractivity contribution in [2.24, 2.45) is 7.05 Å². The monoisotopic (exact) mass is 356 g/mol. The first-order valence-corrected chi connectivity index (χ1v) is 8.85. The third-order valence-electron chi connectivity index (χ3n) is 4.47. The second-order valence-corrected chi connectivity index (χ2v) is 6.47. The molecule has 4 rings (SSSR count). The summed E-state index contributed by atoms with van der Waals surface area (Å²) in [6.07, 6.45) is 11.7. The van der Waals surface area contributed by atoms with Gasteiger partial charge in [0.1, 0.15) is 5.65 Å². The van der Waals surface area contributed by atoms with Crippen LogP contribution in [0.4, 0.5) is 0 Å². The number of carbonyl (C=O) groups excluding carboxylic acids is 1. The van der Waals surface area contributed by atoms with E-state index >= 15 is 0 Å². The predicted molar refractivity (Wildman–Crippen MR) is 98.7 cm³/mol. The highest BCUT2D eigenvalue weighted by Crippen LogP contribution is 2.15. The topological polar surface area (TPSA) is 88.3 Å². The number of hydrogen-bond acceptors (Lipinski definition) is 4. The Morgan fingerprint density at radius 1 is 1.19 bits per heavy atom. The molecule has 0 unspecified atom stereocenters. The molecule has 8 heteroatoms. The van der Waals surface area contributed by atoms with E-state index in [1.165, 1.54) is 30.1 Å². The number of rotatable bonds is 1. The lowest BCUT2D eigenvalue weighted by molar-refractivity contribution is -0.128. The number of aromatic amines is 1. The fourth-order valence-electron chi connectivity index (χ4n) is 3.04. The van der Waals surface area contributed by atoms with Crippen molar-refractivity contribution in [1.29, 1.82) is 0 Å². The van der Waals surface area contributed by atoms with Gasteiger partial charge in [0.05, 0.1) is 11.9 Å². The van der Waals surface area contributed by atoms with E-state index < -0.39 is 0 Å². The number of aryl methyl sites for hydroxylation is 1. The van der Waals surface area contributed by atoms with E-state index in [0.717, 1.165) is 24.3 Å². The zero-order valence-electron chi connectivity index (χ0n) is 15.2. The number of amides is 1. The first kappa shape index (κ1) is 17.9. The van der Waals surface area contributed by atoms with E-state index in [9.17, 15) is 9.59 Å². The zero-order chi connectivity index (χ0) is 18.5. The van der Waals surface area contributed by atoms with E-state index in [1.807, 2.05) is 24.2 Å². The molecule has 26 heavy (non-hydrogen) atoms. The van der Waals surface area contributed by atoms with Crippen LogP contribution in [-0.2, 0) is 11.8 Å². The molecule has 1 aliphatic heterocycles. The van der Waals surface area contributed by atoms with Gasteiger partial charge in [0, 0.05) is 57.3 Å². The van der Waals surface area contributed by atoms with Gasteiger partial charge >= 0.3 is 5.69 Å². The molecule has 1 amide bonds. The van der Waals surface area contributed by atoms with Gasteiger partial charge in [-0.25, -0.2) is 9.78 Å². The van der Waals surface area contributed by atoms with Gasteiger partial charge in [0.15, 0.2) is 0 Å². The Kier molecular flexibility index (Phi) is 5.50. The van der Waals surface area contributed by atoms with E-state index in [1.54, 1.807) is 30.2 Å². The van der Waals surface area contributed by atoms with Gasteiger partial charge in [-0.3, -0.25) is 13.9 Å². The first-order valence-electron chi connectivity index (χ1n) is 8.85. The number of H-pyrrole nitrogens is 1. The van der Waals surface area contributed by atoms with Crippen LogP contribution in [0.1, 0.15) is 32.6 Å². The predicted octanol–water partition coefficient (Wildman–Crippen LogP) is 1.83. The molecular formula is C18H24N6O2. The van der Waals surface area contributed by atoms with Crippen LogP contribution in [0.5, 0.6) is 0 Å². The lowest BCUT2D eigenvalue weighted by atomic mass is 10.2. The molecule has 0 atom stereocenters. The third kappa shape index (κ3) is 4.19. The van der Waals surface area contributed by atoms with Crippen LogP contribution in [0.2, 0.25) is 0 Å². The van der Waals surface area contributed by atoms with Crippen molar-refractivity contribution < 1.29 is 4.79 Å². The Labute approximate surface area is 151 Å². The Hall–Kier alpha value is -2.90. The van der Waals surface area contributed by atoms with Crippen molar-refractivity contribution in [2.45, 2.75) is 32.6 Å². The summed E-state index contributed by atoms with van der Waals surface area (Å²) < 4.78 is 3.14. The van der Waals surface area contributed by atoms with Crippen molar-refractivity contribution >= 4 is 11.6 Å². The van der Waals surface area contributed by atoms with Crippen LogP contribution in [0, 0.1) is 0 Å². The van der Waals surface area contributed by atoms with Gasteiger partial charge in [0.2, 0.25) is 5.91 Å². The summed E-state index contributed by atoms with van der Waals surface area (Å²) in [7, 11) is 1.83. The molecule has 0 aromatic carbocycles. The average molecular weight is 356 g/mol. The second-order valence-electron chi connectivity index (χ2n) is 6.47. The van der Waals surface area contributed by atoms with Crippen LogP contribution < -0.4 is 5.69 Å². The Bertz CT molecular complexity index is 930. The summed E-state index contributed by atoms with van der Waals surface area (Å²) >= 11 is 0. The average Bonchev–Trinajstić information content (AvgIpc) is 3.17. The Morgan fingerprint density at radius 2 is 1.92 bits per heavy atom. The molecule has 1 N–H and O–H groups in total. The number of imidazole rings is 1. The second kappa shape index (κ2) is 7.99. The molecule has 0 spiro atoms. The summed E-state index contributed by atoms with van der Waals surface area (Å²) in [5, 5.41) is 4.06. The normalized spacial score (nSPS) is 14.6. The highest BCUT2D eigenvalue weighted by molar-refractivity contribution is 5.73. The molecule has 0 saturated carbocycles. The molecule has 138 valence electrons. The minimum Gasteiger partial charge on any atom is -0.343 e. The molecule has 0 bridgehead atoms. The van der Waals surface area contributed by atoms with Crippen molar-refractivity contribution in [3.63, 3.8) is 0 Å². The summed E-state index contributed by atoms with van der Waals surface area (Å²) in [4.78, 5) is 31.4. The Morgan fingerprint density at radius 3 is 2.54 bits per heavy atom. The fraction of sp³-hybridized carbons (Fsp3) is 0.444. The maximum absolute atomic E-state index is 11.7. The molecule has 1 saturated heterocycles. The number of likely N-dealkylation sites (tertiary alicyclic amines) is 1. The van der Waals surface area contributed by atoms with Crippen molar-refractivity contribution in [2.75, 3.05) is 13.1 Å². The zero-order valence-corrected chi connectivity index (χ0v) is 15.2. The van der Waals surface area contributed by atoms with Crippen LogP contribution in [0.3, 0.4) is 0 Å². The number of fused-ring (bicyclic) bond motifs is 1. The maximum Gasteiger partial charge on any atom is 0.331 e. The van der Waals surface area contributed by atoms with Crippen molar-refractivity contribution in [3.05, 3.63) is 41.3 Å². The summed E-state index contributed by atoms with van der Waals surface area (Å²) in [6.45, 7) is 3.62. The smallest absolute Gasteiger partial charge is 0.331 e. The van der Waals surface area contributed by atoms with E-state index in [4.69, 9.17) is 0 Å². The highest BCUT2D eigenvalue weighted by Gasteiger charge is 2.10. The molecule has 3 aromatic heterocycles. The highest BCUT2D eigenvalue weighted by atomic mass is 16.2. The van der Waals surface area contributed by atoms with Gasteiger partial charge in [-0.1, -0.05) is 12.8 Å². The van der Waals surface area contributed by atoms with Gasteiger partial charge in [-0.2, -0.15) is 5.10 Å². The molecule has 1 fully saturated rings. The van der Waals surface area contributed by atoms with Crippen molar-refractivity contribution in [3.8, 4) is 11.3 Å². The minimum atomic E-state index is -0.200. The number of aromatic nitrogens is 5. The summed E-state index contributed by atoms with van der Waals surface area (Å²) in [5.41, 5.74) is 2.01. The first-order chi connectivity index (χ1) is 12.5. The number of nitrogens with one attached hydrogen (secondary N) is 1. The molecule has 8 nitrogen and oxygen atoms in total. The lowest BCUT2D eigenvalue weighted by Crippen LogP contribution is -2.29. The van der Waals surface area contributed by atoms with Crippen molar-refractivity contribution in [1.82, 2.24) is 29.0 Å². The number of hydrogen-bond donors (Lipinski definition) is 1. The van der Waals surface area contributed by atoms with Crippen LogP contribution in [-0.4, -0.2) is 48.0 Å². The third-order valence-corrected chi connectivity index (χ3v) is 4.47. The van der Waals surface area contributed by atoms with E-state index in [-0.39, 0.29) is 11.6 Å². The number of carbonyl (C=O) groups is 1. The van der Waals surface area contributed by atoms with Crippen LogP contribution >= 0.6 is 0 Å². The molecule has 0 aliphatic carbocycles. The SMILES string of the molecule is CC(=O)N1CCCCCC1.Cn1cc(-c2cc3nccn3c(=O)[nH]2)cn1. The lowest BCUT2D eigenvalue weighted by Gasteiger charge is -2.17. The fourth-order valence-corrected chi connectivity index (χ4v) is 3.04. The van der Waals surface area contributed by atoms with Gasteiger partial charge < -0.3 is 9.88 Å². The summed E-state index contributed by atoms with van der Waals surface area (Å²) in [6, 6.07) is 1.82. The molecule has 3 aromatic rings. The van der Waals surface area contributed by atoms with E-state index in [0.29, 0.717) is 5.65 Å². The van der Waals surface area contributed by atoms with Gasteiger partial charge in [-0.15, -0.1) is 0 Å². The maximum atomic E-state index is 11.7. The molecule has 0 radical (unpaired) electrons. The van der Waals surface area contributed by atoms with Crippen LogP contribution in [0.15, 0.2) is 35.6 Å².